The number of allylic oxidation sites excluding steroid dienone is 2. The average Bonchev–Trinajstić information content (AvgIpc) is 2.92. The third kappa shape index (κ3) is 4.78. The van der Waals surface area contributed by atoms with Gasteiger partial charge in [-0.05, 0) is 37.0 Å². The number of hydrogen-bond donors (Lipinski definition) is 2. The predicted octanol–water partition coefficient (Wildman–Crippen LogP) is 5.10. The first-order valence-corrected chi connectivity index (χ1v) is 10.8. The molecular formula is C25H32N4O. The summed E-state index contributed by atoms with van der Waals surface area (Å²) in [4.78, 5) is 22.2. The summed E-state index contributed by atoms with van der Waals surface area (Å²) in [6, 6.07) is 12.3. The second-order valence-electron chi connectivity index (χ2n) is 7.81. The number of nitrogens with zero attached hydrogens (tertiary/aromatic N) is 2. The molecule has 5 nitrogen and oxygen atoms in total. The standard InChI is InChI=1S/C25H32N4O/c1-4-5-7-12-22(30)21-15-19(16-29-25(21)27-3)24-17(2)23(26)20(13-14-28-24)18-10-8-6-9-11-18/h6,8-11,15-16,20H,4-5,7,12-14,26H2,1-3H3,(H,27,29). The van der Waals surface area contributed by atoms with Crippen LogP contribution >= 0.6 is 0 Å². The molecule has 0 bridgehead atoms. The van der Waals surface area contributed by atoms with E-state index < -0.39 is 0 Å². The van der Waals surface area contributed by atoms with E-state index in [1.165, 1.54) is 5.56 Å². The molecule has 1 aromatic carbocycles. The molecule has 30 heavy (non-hydrogen) atoms. The topological polar surface area (TPSA) is 80.4 Å². The van der Waals surface area contributed by atoms with Crippen LogP contribution in [-0.4, -0.2) is 30.1 Å². The van der Waals surface area contributed by atoms with Gasteiger partial charge >= 0.3 is 0 Å². The molecule has 0 saturated heterocycles. The van der Waals surface area contributed by atoms with E-state index in [9.17, 15) is 4.79 Å². The van der Waals surface area contributed by atoms with Crippen LogP contribution in [0.15, 0.2) is 58.9 Å². The van der Waals surface area contributed by atoms with Crippen molar-refractivity contribution in [3.63, 3.8) is 0 Å². The van der Waals surface area contributed by atoms with Crippen molar-refractivity contribution in [2.24, 2.45) is 10.7 Å². The molecule has 0 radical (unpaired) electrons. The molecule has 0 saturated carbocycles. The maximum absolute atomic E-state index is 12.8. The molecular weight excluding hydrogens is 372 g/mol. The Labute approximate surface area is 179 Å². The number of aromatic nitrogens is 1. The minimum Gasteiger partial charge on any atom is -0.401 e. The van der Waals surface area contributed by atoms with Gasteiger partial charge in [-0.15, -0.1) is 0 Å². The van der Waals surface area contributed by atoms with E-state index in [1.54, 1.807) is 13.2 Å². The molecule has 1 atom stereocenters. The van der Waals surface area contributed by atoms with Crippen LogP contribution in [0.3, 0.4) is 0 Å². The van der Waals surface area contributed by atoms with Gasteiger partial charge in [-0.2, -0.15) is 0 Å². The van der Waals surface area contributed by atoms with Crippen molar-refractivity contribution in [3.05, 3.63) is 70.6 Å². The number of ketones is 1. The van der Waals surface area contributed by atoms with Gasteiger partial charge in [0.15, 0.2) is 5.78 Å². The first-order chi connectivity index (χ1) is 14.6. The highest BCUT2D eigenvalue weighted by Crippen LogP contribution is 2.31. The summed E-state index contributed by atoms with van der Waals surface area (Å²) >= 11 is 0. The molecule has 2 aromatic rings. The second kappa shape index (κ2) is 10.2. The fourth-order valence-electron chi connectivity index (χ4n) is 3.99. The first kappa shape index (κ1) is 21.8. The van der Waals surface area contributed by atoms with Gasteiger partial charge in [-0.25, -0.2) is 4.98 Å². The van der Waals surface area contributed by atoms with Gasteiger partial charge < -0.3 is 11.1 Å². The molecule has 1 aliphatic rings. The van der Waals surface area contributed by atoms with E-state index in [1.807, 2.05) is 31.2 Å². The number of anilines is 1. The Morgan fingerprint density at radius 2 is 2.00 bits per heavy atom. The molecule has 158 valence electrons. The summed E-state index contributed by atoms with van der Waals surface area (Å²) in [6.45, 7) is 4.84. The Morgan fingerprint density at radius 3 is 2.70 bits per heavy atom. The van der Waals surface area contributed by atoms with Crippen molar-refractivity contribution < 1.29 is 4.79 Å². The average molecular weight is 405 g/mol. The van der Waals surface area contributed by atoms with Crippen LogP contribution in [0.5, 0.6) is 0 Å². The number of carbonyl (C=O) groups is 1. The lowest BCUT2D eigenvalue weighted by molar-refractivity contribution is 0.0980. The third-order valence-electron chi connectivity index (χ3n) is 5.76. The number of Topliss-reactive ketones (excluding diaryl/α,β-unsaturated/α-hetero) is 1. The molecule has 1 aromatic heterocycles. The fraction of sp³-hybridized carbons (Fsp3) is 0.400. The zero-order valence-corrected chi connectivity index (χ0v) is 18.2. The van der Waals surface area contributed by atoms with Crippen LogP contribution in [0.2, 0.25) is 0 Å². The molecule has 0 amide bonds. The third-order valence-corrected chi connectivity index (χ3v) is 5.76. The molecule has 3 rings (SSSR count). The summed E-state index contributed by atoms with van der Waals surface area (Å²) in [6.07, 6.45) is 6.23. The zero-order chi connectivity index (χ0) is 21.5. The Kier molecular flexibility index (Phi) is 7.39. The van der Waals surface area contributed by atoms with Gasteiger partial charge in [-0.1, -0.05) is 50.1 Å². The van der Waals surface area contributed by atoms with Crippen LogP contribution in [-0.2, 0) is 0 Å². The van der Waals surface area contributed by atoms with E-state index in [2.05, 4.69) is 29.4 Å². The van der Waals surface area contributed by atoms with Crippen LogP contribution in [0.4, 0.5) is 5.82 Å². The highest BCUT2D eigenvalue weighted by Gasteiger charge is 2.23. The van der Waals surface area contributed by atoms with Crippen molar-refractivity contribution in [1.82, 2.24) is 4.98 Å². The molecule has 5 heteroatoms. The Balaban J connectivity index is 1.94. The van der Waals surface area contributed by atoms with E-state index in [-0.39, 0.29) is 11.7 Å². The van der Waals surface area contributed by atoms with Crippen molar-refractivity contribution in [1.29, 1.82) is 0 Å². The Hall–Kier alpha value is -2.95. The molecule has 0 fully saturated rings. The lowest BCUT2D eigenvalue weighted by Gasteiger charge is -2.18. The summed E-state index contributed by atoms with van der Waals surface area (Å²) in [5, 5.41) is 3.05. The highest BCUT2D eigenvalue weighted by atomic mass is 16.1. The first-order valence-electron chi connectivity index (χ1n) is 10.8. The van der Waals surface area contributed by atoms with Crippen molar-refractivity contribution in [2.45, 2.75) is 51.9 Å². The Morgan fingerprint density at radius 1 is 1.23 bits per heavy atom. The Bertz CT molecular complexity index is 947. The largest absolute Gasteiger partial charge is 0.401 e. The molecule has 3 N–H and O–H groups in total. The number of pyridine rings is 1. The van der Waals surface area contributed by atoms with Gasteiger partial charge in [-0.3, -0.25) is 9.79 Å². The van der Waals surface area contributed by atoms with Gasteiger partial charge in [0.25, 0.3) is 0 Å². The fourth-order valence-corrected chi connectivity index (χ4v) is 3.99. The lowest BCUT2D eigenvalue weighted by atomic mass is 9.89. The van der Waals surface area contributed by atoms with Crippen LogP contribution in [0, 0.1) is 0 Å². The number of carbonyl (C=O) groups excluding carboxylic acids is 1. The smallest absolute Gasteiger partial charge is 0.166 e. The van der Waals surface area contributed by atoms with Crippen LogP contribution in [0.1, 0.15) is 73.4 Å². The van der Waals surface area contributed by atoms with Crippen LogP contribution in [0.25, 0.3) is 0 Å². The van der Waals surface area contributed by atoms with Gasteiger partial charge in [0.05, 0.1) is 11.3 Å². The van der Waals surface area contributed by atoms with E-state index in [0.29, 0.717) is 24.3 Å². The van der Waals surface area contributed by atoms with Crippen molar-refractivity contribution in [2.75, 3.05) is 18.9 Å². The quantitative estimate of drug-likeness (QED) is 0.474. The maximum Gasteiger partial charge on any atom is 0.166 e. The summed E-state index contributed by atoms with van der Waals surface area (Å²) in [5.74, 6) is 0.881. The predicted molar refractivity (Wildman–Crippen MR) is 124 cm³/mol. The number of nitrogens with one attached hydrogen (secondary N) is 1. The summed E-state index contributed by atoms with van der Waals surface area (Å²) < 4.78 is 0. The number of unbranched alkanes of at least 4 members (excludes halogenated alkanes) is 2. The van der Waals surface area contributed by atoms with E-state index >= 15 is 0 Å². The number of benzene rings is 1. The highest BCUT2D eigenvalue weighted by molar-refractivity contribution is 6.14. The molecule has 0 spiro atoms. The second-order valence-corrected chi connectivity index (χ2v) is 7.81. The number of nitrogens with two attached hydrogens (primary N) is 1. The normalized spacial score (nSPS) is 16.8. The minimum absolute atomic E-state index is 0.119. The van der Waals surface area contributed by atoms with Gasteiger partial charge in [0.1, 0.15) is 5.82 Å². The molecule has 1 aliphatic heterocycles. The monoisotopic (exact) mass is 404 g/mol. The number of rotatable bonds is 8. The lowest BCUT2D eigenvalue weighted by Crippen LogP contribution is -2.16. The van der Waals surface area contributed by atoms with Gasteiger partial charge in [0.2, 0.25) is 0 Å². The SMILES string of the molecule is CCCCCC(=O)c1cc(C2=NCCC(c3ccccc3)C(N)=C2C)cnc1NC. The minimum atomic E-state index is 0.119. The van der Waals surface area contributed by atoms with Gasteiger partial charge in [0, 0.05) is 43.4 Å². The zero-order valence-electron chi connectivity index (χ0n) is 18.2. The molecule has 2 heterocycles. The number of aliphatic imine (C=N–C) groups is 1. The number of hydrogen-bond acceptors (Lipinski definition) is 5. The van der Waals surface area contributed by atoms with E-state index in [0.717, 1.165) is 48.2 Å². The van der Waals surface area contributed by atoms with Crippen molar-refractivity contribution in [3.8, 4) is 0 Å². The maximum atomic E-state index is 12.8. The van der Waals surface area contributed by atoms with E-state index in [4.69, 9.17) is 10.7 Å². The van der Waals surface area contributed by atoms with Crippen molar-refractivity contribution >= 4 is 17.3 Å². The molecule has 1 unspecified atom stereocenters. The van der Waals surface area contributed by atoms with Crippen LogP contribution < -0.4 is 11.1 Å². The summed E-state index contributed by atoms with van der Waals surface area (Å²) in [7, 11) is 1.79. The summed E-state index contributed by atoms with van der Waals surface area (Å²) in [5.41, 5.74) is 11.9. The molecule has 0 aliphatic carbocycles.